The van der Waals surface area contributed by atoms with Gasteiger partial charge in [0.25, 0.3) is 0 Å². The minimum absolute atomic E-state index is 0.0617. The summed E-state index contributed by atoms with van der Waals surface area (Å²) in [5, 5.41) is 13.4. The molecule has 0 radical (unpaired) electrons. The summed E-state index contributed by atoms with van der Waals surface area (Å²) < 4.78 is 1.88. The second-order valence-electron chi connectivity index (χ2n) is 7.98. The Morgan fingerprint density at radius 2 is 1.87 bits per heavy atom. The van der Waals surface area contributed by atoms with Crippen LogP contribution >= 0.6 is 35.0 Å². The van der Waals surface area contributed by atoms with Crippen molar-refractivity contribution >= 4 is 40.9 Å². The monoisotopic (exact) mass is 462 g/mol. The van der Waals surface area contributed by atoms with Gasteiger partial charge in [-0.05, 0) is 36.2 Å². The molecule has 30 heavy (non-hydrogen) atoms. The Balaban J connectivity index is 1.93. The summed E-state index contributed by atoms with van der Waals surface area (Å²) >= 11 is 14.1. The van der Waals surface area contributed by atoms with Crippen molar-refractivity contribution in [1.82, 2.24) is 20.1 Å². The van der Waals surface area contributed by atoms with Crippen molar-refractivity contribution in [3.63, 3.8) is 0 Å². The summed E-state index contributed by atoms with van der Waals surface area (Å²) in [4.78, 5) is 12.3. The van der Waals surface area contributed by atoms with Gasteiger partial charge in [0, 0.05) is 16.2 Å². The minimum atomic E-state index is -0.495. The number of aryl methyl sites for hydroxylation is 1. The van der Waals surface area contributed by atoms with Gasteiger partial charge in [0.05, 0.1) is 17.3 Å². The van der Waals surface area contributed by atoms with Crippen LogP contribution in [0, 0.1) is 12.3 Å². The lowest BCUT2D eigenvalue weighted by Gasteiger charge is -2.18. The van der Waals surface area contributed by atoms with E-state index in [9.17, 15) is 4.79 Å². The molecule has 1 amide bonds. The van der Waals surface area contributed by atoms with Crippen LogP contribution in [0.1, 0.15) is 37.7 Å². The lowest BCUT2D eigenvalue weighted by Crippen LogP contribution is -2.35. The molecule has 0 fully saturated rings. The zero-order valence-electron chi connectivity index (χ0n) is 17.4. The summed E-state index contributed by atoms with van der Waals surface area (Å²) in [7, 11) is 0. The van der Waals surface area contributed by atoms with Crippen molar-refractivity contribution in [1.29, 1.82) is 0 Å². The first-order valence-electron chi connectivity index (χ1n) is 9.52. The van der Waals surface area contributed by atoms with Crippen LogP contribution in [0.15, 0.2) is 47.6 Å². The number of halogens is 2. The van der Waals surface area contributed by atoms with Crippen LogP contribution in [0.25, 0.3) is 5.69 Å². The van der Waals surface area contributed by atoms with Crippen LogP contribution in [0.4, 0.5) is 0 Å². The second-order valence-corrected chi connectivity index (χ2v) is 9.76. The molecule has 0 unspecified atom stereocenters. The van der Waals surface area contributed by atoms with Crippen molar-refractivity contribution in [3.05, 3.63) is 69.5 Å². The molecule has 3 aromatic rings. The maximum atomic E-state index is 12.3. The Bertz CT molecular complexity index is 1060. The molecule has 0 aliphatic carbocycles. The quantitative estimate of drug-likeness (QED) is 0.467. The highest BCUT2D eigenvalue weighted by molar-refractivity contribution is 7.98. The zero-order valence-corrected chi connectivity index (χ0v) is 19.7. The van der Waals surface area contributed by atoms with Crippen molar-refractivity contribution in [2.24, 2.45) is 5.41 Å². The van der Waals surface area contributed by atoms with E-state index in [0.29, 0.717) is 21.0 Å². The number of nitrogens with one attached hydrogen (secondary N) is 1. The number of amides is 1. The molecule has 2 aromatic carbocycles. The van der Waals surface area contributed by atoms with Gasteiger partial charge in [-0.25, -0.2) is 0 Å². The van der Waals surface area contributed by atoms with Gasteiger partial charge in [0.15, 0.2) is 11.0 Å². The van der Waals surface area contributed by atoms with E-state index in [-0.39, 0.29) is 12.5 Å². The summed E-state index contributed by atoms with van der Waals surface area (Å²) in [6.45, 7) is 7.93. The smallest absolute Gasteiger partial charge is 0.225 e. The molecule has 1 aromatic heterocycles. The highest BCUT2D eigenvalue weighted by atomic mass is 35.5. The first kappa shape index (κ1) is 22.7. The standard InChI is InChI=1S/C22H24Cl2N4OS/c1-14-7-5-6-8-15(14)13-30-21-27-26-19(12-25-20(29)22(2,3)4)28(21)18-10-9-16(23)11-17(18)24/h5-11H,12-13H2,1-4H3,(H,25,29). The van der Waals surface area contributed by atoms with Gasteiger partial charge < -0.3 is 5.32 Å². The van der Waals surface area contributed by atoms with Gasteiger partial charge in [0.2, 0.25) is 5.91 Å². The lowest BCUT2D eigenvalue weighted by molar-refractivity contribution is -0.128. The molecule has 8 heteroatoms. The fourth-order valence-corrected chi connectivity index (χ4v) is 4.28. The SMILES string of the molecule is Cc1ccccc1CSc1nnc(CNC(=O)C(C)(C)C)n1-c1ccc(Cl)cc1Cl. The van der Waals surface area contributed by atoms with Crippen LogP contribution < -0.4 is 5.32 Å². The van der Waals surface area contributed by atoms with Gasteiger partial charge in [-0.2, -0.15) is 0 Å². The van der Waals surface area contributed by atoms with Crippen molar-refractivity contribution in [3.8, 4) is 5.69 Å². The molecule has 0 aliphatic heterocycles. The average Bonchev–Trinajstić information content (AvgIpc) is 3.07. The molecule has 1 N–H and O–H groups in total. The molecule has 0 bridgehead atoms. The highest BCUT2D eigenvalue weighted by Gasteiger charge is 2.23. The maximum absolute atomic E-state index is 12.3. The number of aromatic nitrogens is 3. The fourth-order valence-electron chi connectivity index (χ4n) is 2.75. The maximum Gasteiger partial charge on any atom is 0.225 e. The number of benzene rings is 2. The van der Waals surface area contributed by atoms with E-state index < -0.39 is 5.41 Å². The Labute approximate surface area is 191 Å². The summed E-state index contributed by atoms with van der Waals surface area (Å²) in [6, 6.07) is 13.5. The molecular weight excluding hydrogens is 439 g/mol. The molecule has 5 nitrogen and oxygen atoms in total. The van der Waals surface area contributed by atoms with Crippen molar-refractivity contribution < 1.29 is 4.79 Å². The first-order valence-corrected chi connectivity index (χ1v) is 11.3. The van der Waals surface area contributed by atoms with E-state index in [0.717, 1.165) is 11.4 Å². The molecule has 1 heterocycles. The summed E-state index contributed by atoms with van der Waals surface area (Å²) in [5.41, 5.74) is 2.67. The number of thioether (sulfide) groups is 1. The Morgan fingerprint density at radius 1 is 1.13 bits per heavy atom. The topological polar surface area (TPSA) is 59.8 Å². The molecule has 3 rings (SSSR count). The van der Waals surface area contributed by atoms with E-state index in [2.05, 4.69) is 34.6 Å². The molecule has 158 valence electrons. The number of hydrogen-bond donors (Lipinski definition) is 1. The Hall–Kier alpha value is -2.02. The first-order chi connectivity index (χ1) is 14.2. The summed E-state index contributed by atoms with van der Waals surface area (Å²) in [5.74, 6) is 1.28. The average molecular weight is 463 g/mol. The zero-order chi connectivity index (χ0) is 21.9. The van der Waals surface area contributed by atoms with E-state index in [1.54, 1.807) is 23.9 Å². The molecule has 0 spiro atoms. The van der Waals surface area contributed by atoms with E-state index in [1.807, 2.05) is 43.5 Å². The summed E-state index contributed by atoms with van der Waals surface area (Å²) in [6.07, 6.45) is 0. The van der Waals surface area contributed by atoms with Gasteiger partial charge in [0.1, 0.15) is 0 Å². The van der Waals surface area contributed by atoms with Crippen molar-refractivity contribution in [2.45, 2.75) is 45.1 Å². The molecule has 0 atom stereocenters. The predicted octanol–water partition coefficient (Wildman–Crippen LogP) is 5.84. The number of carbonyl (C=O) groups is 1. The third kappa shape index (κ3) is 5.36. The van der Waals surface area contributed by atoms with Crippen LogP contribution in [0.3, 0.4) is 0 Å². The van der Waals surface area contributed by atoms with E-state index in [1.165, 1.54) is 11.1 Å². The van der Waals surface area contributed by atoms with Crippen LogP contribution in [-0.4, -0.2) is 20.7 Å². The lowest BCUT2D eigenvalue weighted by atomic mass is 9.96. The fraction of sp³-hybridized carbons (Fsp3) is 0.318. The Kier molecular flexibility index (Phi) is 7.11. The predicted molar refractivity (Wildman–Crippen MR) is 123 cm³/mol. The van der Waals surface area contributed by atoms with Gasteiger partial charge in [-0.3, -0.25) is 9.36 Å². The van der Waals surface area contributed by atoms with Crippen LogP contribution in [0.5, 0.6) is 0 Å². The normalized spacial score (nSPS) is 11.5. The number of carbonyl (C=O) groups excluding carboxylic acids is 1. The highest BCUT2D eigenvalue weighted by Crippen LogP contribution is 2.31. The molecule has 0 saturated carbocycles. The van der Waals surface area contributed by atoms with Gasteiger partial charge in [-0.15, -0.1) is 10.2 Å². The largest absolute Gasteiger partial charge is 0.348 e. The van der Waals surface area contributed by atoms with Crippen LogP contribution in [0.2, 0.25) is 10.0 Å². The van der Waals surface area contributed by atoms with Crippen LogP contribution in [-0.2, 0) is 17.1 Å². The van der Waals surface area contributed by atoms with Gasteiger partial charge >= 0.3 is 0 Å². The van der Waals surface area contributed by atoms with E-state index >= 15 is 0 Å². The molecule has 0 aliphatic rings. The number of hydrogen-bond acceptors (Lipinski definition) is 4. The van der Waals surface area contributed by atoms with Gasteiger partial charge in [-0.1, -0.05) is 80.0 Å². The van der Waals surface area contributed by atoms with E-state index in [4.69, 9.17) is 23.2 Å². The number of rotatable bonds is 6. The molecular formula is C22H24Cl2N4OS. The second kappa shape index (κ2) is 9.41. The minimum Gasteiger partial charge on any atom is -0.348 e. The third-order valence-electron chi connectivity index (χ3n) is 4.56. The Morgan fingerprint density at radius 3 is 2.53 bits per heavy atom. The van der Waals surface area contributed by atoms with Crippen molar-refractivity contribution in [2.75, 3.05) is 0 Å². The third-order valence-corrected chi connectivity index (χ3v) is 6.07. The number of nitrogens with zero attached hydrogens (tertiary/aromatic N) is 3. The molecule has 0 saturated heterocycles.